The van der Waals surface area contributed by atoms with Crippen LogP contribution in [0.5, 0.6) is 0 Å². The number of nitrogens with zero attached hydrogens (tertiary/aromatic N) is 2. The van der Waals surface area contributed by atoms with E-state index in [-0.39, 0.29) is 17.5 Å². The first-order valence-electron chi connectivity index (χ1n) is 9.20. The Hall–Kier alpha value is -1.34. The molecule has 0 radical (unpaired) electrons. The molecule has 0 saturated heterocycles. The molecular formula is C18H23ClN4O2S. The SMILES string of the molecule is C[C@@H](Sc1ccc(Cl)nn1)C(=O)NC(=O)NC12CC3CC(CC(C3)C1)C2. The fourth-order valence-electron chi connectivity index (χ4n) is 5.35. The van der Waals surface area contributed by atoms with Crippen LogP contribution in [0, 0.1) is 17.8 Å². The van der Waals surface area contributed by atoms with Gasteiger partial charge in [0.25, 0.3) is 0 Å². The van der Waals surface area contributed by atoms with Gasteiger partial charge in [0, 0.05) is 5.54 Å². The third-order valence-corrected chi connectivity index (χ3v) is 7.16. The standard InChI is InChI=1S/C18H23ClN4O2S/c1-10(26-15-3-2-14(19)22-23-15)16(24)20-17(25)21-18-7-11-4-12(8-18)6-13(5-11)9-18/h2-3,10-13H,4-9H2,1H3,(H2,20,21,24,25)/t10-,11?,12?,13?,18?/m1/s1. The fourth-order valence-corrected chi connectivity index (χ4v) is 6.21. The van der Waals surface area contributed by atoms with Crippen molar-refractivity contribution >= 4 is 35.3 Å². The summed E-state index contributed by atoms with van der Waals surface area (Å²) in [5.74, 6) is 1.91. The lowest BCUT2D eigenvalue weighted by molar-refractivity contribution is -0.119. The highest BCUT2D eigenvalue weighted by molar-refractivity contribution is 8.00. The molecule has 4 fully saturated rings. The van der Waals surface area contributed by atoms with Crippen LogP contribution in [-0.4, -0.2) is 32.9 Å². The molecule has 4 bridgehead atoms. The van der Waals surface area contributed by atoms with Crippen molar-refractivity contribution < 1.29 is 9.59 Å². The average Bonchev–Trinajstić information content (AvgIpc) is 2.55. The van der Waals surface area contributed by atoms with Crippen molar-refractivity contribution in [2.75, 3.05) is 0 Å². The number of carbonyl (C=O) groups is 2. The highest BCUT2D eigenvalue weighted by Crippen LogP contribution is 2.55. The van der Waals surface area contributed by atoms with Gasteiger partial charge in [0.15, 0.2) is 5.15 Å². The third-order valence-electron chi connectivity index (χ3n) is 5.93. The number of urea groups is 1. The predicted octanol–water partition coefficient (Wildman–Crippen LogP) is 3.41. The molecule has 1 heterocycles. The van der Waals surface area contributed by atoms with Gasteiger partial charge in [-0.3, -0.25) is 10.1 Å². The molecule has 6 nitrogen and oxygen atoms in total. The molecule has 1 aromatic heterocycles. The number of carbonyl (C=O) groups excluding carboxylic acids is 2. The highest BCUT2D eigenvalue weighted by Gasteiger charge is 2.51. The molecule has 5 rings (SSSR count). The van der Waals surface area contributed by atoms with E-state index in [0.717, 1.165) is 37.0 Å². The van der Waals surface area contributed by atoms with Crippen LogP contribution >= 0.6 is 23.4 Å². The number of amides is 3. The Bertz CT molecular complexity index is 676. The molecule has 140 valence electrons. The van der Waals surface area contributed by atoms with Crippen LogP contribution < -0.4 is 10.6 Å². The van der Waals surface area contributed by atoms with Gasteiger partial charge < -0.3 is 5.32 Å². The van der Waals surface area contributed by atoms with E-state index in [1.165, 1.54) is 31.0 Å². The molecular weight excluding hydrogens is 372 g/mol. The molecule has 4 aliphatic rings. The Labute approximate surface area is 162 Å². The first kappa shape index (κ1) is 18.0. The van der Waals surface area contributed by atoms with E-state index in [4.69, 9.17) is 11.6 Å². The van der Waals surface area contributed by atoms with Crippen molar-refractivity contribution in [3.63, 3.8) is 0 Å². The molecule has 3 amide bonds. The Morgan fingerprint density at radius 3 is 2.31 bits per heavy atom. The van der Waals surface area contributed by atoms with E-state index >= 15 is 0 Å². The summed E-state index contributed by atoms with van der Waals surface area (Å²) >= 11 is 6.96. The van der Waals surface area contributed by atoms with Crippen molar-refractivity contribution in [3.8, 4) is 0 Å². The maximum absolute atomic E-state index is 12.4. The summed E-state index contributed by atoms with van der Waals surface area (Å²) < 4.78 is 0. The highest BCUT2D eigenvalue weighted by atomic mass is 35.5. The summed E-state index contributed by atoms with van der Waals surface area (Å²) in [4.78, 5) is 24.8. The summed E-state index contributed by atoms with van der Waals surface area (Å²) in [6.07, 6.45) is 7.13. The van der Waals surface area contributed by atoms with Crippen LogP contribution in [0.1, 0.15) is 45.4 Å². The van der Waals surface area contributed by atoms with E-state index in [2.05, 4.69) is 20.8 Å². The minimum atomic E-state index is -0.451. The number of imide groups is 1. The van der Waals surface area contributed by atoms with E-state index in [0.29, 0.717) is 10.2 Å². The largest absolute Gasteiger partial charge is 0.332 e. The van der Waals surface area contributed by atoms with Crippen LogP contribution in [-0.2, 0) is 4.79 Å². The average molecular weight is 395 g/mol. The zero-order valence-electron chi connectivity index (χ0n) is 14.7. The lowest BCUT2D eigenvalue weighted by Gasteiger charge is -2.56. The van der Waals surface area contributed by atoms with Crippen LogP contribution in [0.2, 0.25) is 5.15 Å². The second kappa shape index (κ2) is 7.00. The lowest BCUT2D eigenvalue weighted by atomic mass is 9.53. The Balaban J connectivity index is 1.31. The number of nitrogens with one attached hydrogen (secondary N) is 2. The predicted molar refractivity (Wildman–Crippen MR) is 99.9 cm³/mol. The fraction of sp³-hybridized carbons (Fsp3) is 0.667. The Morgan fingerprint density at radius 2 is 1.77 bits per heavy atom. The smallest absolute Gasteiger partial charge is 0.321 e. The zero-order valence-corrected chi connectivity index (χ0v) is 16.3. The van der Waals surface area contributed by atoms with Gasteiger partial charge in [-0.15, -0.1) is 10.2 Å². The monoisotopic (exact) mass is 394 g/mol. The summed E-state index contributed by atoms with van der Waals surface area (Å²) in [5, 5.41) is 13.8. The Morgan fingerprint density at radius 1 is 1.15 bits per heavy atom. The van der Waals surface area contributed by atoms with Crippen LogP contribution in [0.3, 0.4) is 0 Å². The van der Waals surface area contributed by atoms with Gasteiger partial charge in [0.2, 0.25) is 5.91 Å². The number of hydrogen-bond acceptors (Lipinski definition) is 5. The summed E-state index contributed by atoms with van der Waals surface area (Å²) in [5.41, 5.74) is -0.100. The van der Waals surface area contributed by atoms with E-state index in [9.17, 15) is 9.59 Å². The molecule has 0 spiro atoms. The number of hydrogen-bond donors (Lipinski definition) is 2. The molecule has 0 aromatic carbocycles. The normalized spacial score (nSPS) is 32.9. The zero-order chi connectivity index (χ0) is 18.3. The molecule has 1 atom stereocenters. The molecule has 0 aliphatic heterocycles. The number of aromatic nitrogens is 2. The summed E-state index contributed by atoms with van der Waals surface area (Å²) in [7, 11) is 0. The van der Waals surface area contributed by atoms with Crippen LogP contribution in [0.15, 0.2) is 17.2 Å². The first-order valence-corrected chi connectivity index (χ1v) is 10.5. The van der Waals surface area contributed by atoms with E-state index in [1.54, 1.807) is 19.1 Å². The van der Waals surface area contributed by atoms with Crippen molar-refractivity contribution in [2.24, 2.45) is 17.8 Å². The minimum absolute atomic E-state index is 0.100. The van der Waals surface area contributed by atoms with Gasteiger partial charge in [-0.05, 0) is 75.3 Å². The van der Waals surface area contributed by atoms with Crippen molar-refractivity contribution in [1.29, 1.82) is 0 Å². The second-order valence-corrected chi connectivity index (χ2v) is 9.84. The van der Waals surface area contributed by atoms with Gasteiger partial charge in [-0.25, -0.2) is 4.79 Å². The van der Waals surface area contributed by atoms with Crippen molar-refractivity contribution in [2.45, 2.75) is 61.3 Å². The molecule has 8 heteroatoms. The topological polar surface area (TPSA) is 84.0 Å². The number of halogens is 1. The number of thioether (sulfide) groups is 1. The number of rotatable bonds is 4. The molecule has 26 heavy (non-hydrogen) atoms. The molecule has 0 unspecified atom stereocenters. The first-order chi connectivity index (χ1) is 12.4. The van der Waals surface area contributed by atoms with Crippen LogP contribution in [0.25, 0.3) is 0 Å². The quantitative estimate of drug-likeness (QED) is 0.764. The van der Waals surface area contributed by atoms with Gasteiger partial charge >= 0.3 is 6.03 Å². The molecule has 1 aromatic rings. The lowest BCUT2D eigenvalue weighted by Crippen LogP contribution is -2.62. The Kier molecular flexibility index (Phi) is 4.86. The van der Waals surface area contributed by atoms with E-state index in [1.807, 2.05) is 0 Å². The van der Waals surface area contributed by atoms with E-state index < -0.39 is 5.25 Å². The van der Waals surface area contributed by atoms with Crippen molar-refractivity contribution in [3.05, 3.63) is 17.3 Å². The summed E-state index contributed by atoms with van der Waals surface area (Å²) in [6.45, 7) is 1.74. The van der Waals surface area contributed by atoms with Gasteiger partial charge in [-0.1, -0.05) is 23.4 Å². The second-order valence-electron chi connectivity index (χ2n) is 8.10. The molecule has 4 saturated carbocycles. The van der Waals surface area contributed by atoms with Gasteiger partial charge in [0.05, 0.1) is 5.25 Å². The van der Waals surface area contributed by atoms with Gasteiger partial charge in [-0.2, -0.15) is 0 Å². The summed E-state index contributed by atoms with van der Waals surface area (Å²) in [6, 6.07) is 2.96. The van der Waals surface area contributed by atoms with Crippen molar-refractivity contribution in [1.82, 2.24) is 20.8 Å². The van der Waals surface area contributed by atoms with Crippen LogP contribution in [0.4, 0.5) is 4.79 Å². The molecule has 2 N–H and O–H groups in total. The minimum Gasteiger partial charge on any atom is -0.332 e. The third kappa shape index (κ3) is 3.83. The molecule has 4 aliphatic carbocycles. The maximum atomic E-state index is 12.4. The maximum Gasteiger partial charge on any atom is 0.321 e. The van der Waals surface area contributed by atoms with Gasteiger partial charge in [0.1, 0.15) is 5.03 Å².